The van der Waals surface area contributed by atoms with Crippen LogP contribution in [0.4, 0.5) is 0 Å². The van der Waals surface area contributed by atoms with Crippen molar-refractivity contribution in [3.8, 4) is 0 Å². The minimum absolute atomic E-state index is 0.252. The Morgan fingerprint density at radius 3 is 1.59 bits per heavy atom. The number of ether oxygens (including phenoxy) is 2. The van der Waals surface area contributed by atoms with E-state index in [0.29, 0.717) is 6.42 Å². The monoisotopic (exact) mass is 384 g/mol. The Balaban J connectivity index is 3.93. The molecule has 4 nitrogen and oxygen atoms in total. The summed E-state index contributed by atoms with van der Waals surface area (Å²) in [7, 11) is 1.41. The van der Waals surface area contributed by atoms with Gasteiger partial charge < -0.3 is 9.47 Å². The second-order valence-electron chi connectivity index (χ2n) is 7.74. The molecule has 0 bridgehead atoms. The fraction of sp³-hybridized carbons (Fsp3) is 0.913. The summed E-state index contributed by atoms with van der Waals surface area (Å²) >= 11 is 0. The Bertz CT molecular complexity index is 367. The Kier molecular flexibility index (Phi) is 17.6. The summed E-state index contributed by atoms with van der Waals surface area (Å²) in [5, 5.41) is 0. The maximum Gasteiger partial charge on any atom is 0.312 e. The highest BCUT2D eigenvalue weighted by Crippen LogP contribution is 2.23. The number of carbonyl (C=O) groups is 2. The number of hydrogen-bond donors (Lipinski definition) is 0. The maximum absolute atomic E-state index is 12.1. The first-order chi connectivity index (χ1) is 13.1. The lowest BCUT2D eigenvalue weighted by Gasteiger charge is -2.24. The molecule has 0 aromatic rings. The Morgan fingerprint density at radius 1 is 0.704 bits per heavy atom. The zero-order valence-corrected chi connectivity index (χ0v) is 18.4. The number of methoxy groups -OCH3 is 1. The zero-order valence-electron chi connectivity index (χ0n) is 18.4. The molecular formula is C23H44O4. The molecule has 0 spiro atoms. The number of hydrogen-bond acceptors (Lipinski definition) is 4. The van der Waals surface area contributed by atoms with E-state index in [1.165, 1.54) is 78.2 Å². The molecule has 0 saturated carbocycles. The molecule has 0 amide bonds. The molecular weight excluding hydrogens is 340 g/mol. The second-order valence-corrected chi connectivity index (χ2v) is 7.74. The van der Waals surface area contributed by atoms with E-state index in [9.17, 15) is 9.59 Å². The van der Waals surface area contributed by atoms with Crippen LogP contribution in [-0.2, 0) is 19.1 Å². The van der Waals surface area contributed by atoms with Crippen molar-refractivity contribution >= 4 is 11.9 Å². The van der Waals surface area contributed by atoms with Gasteiger partial charge in [-0.05, 0) is 12.8 Å². The average Bonchev–Trinajstić information content (AvgIpc) is 2.64. The van der Waals surface area contributed by atoms with Gasteiger partial charge in [-0.25, -0.2) is 0 Å². The van der Waals surface area contributed by atoms with E-state index in [1.54, 1.807) is 0 Å². The van der Waals surface area contributed by atoms with E-state index in [1.807, 2.05) is 6.92 Å². The molecule has 0 heterocycles. The van der Waals surface area contributed by atoms with Crippen molar-refractivity contribution in [2.75, 3.05) is 7.11 Å². The number of esters is 2. The third-order valence-corrected chi connectivity index (χ3v) is 5.21. The molecule has 27 heavy (non-hydrogen) atoms. The normalized spacial score (nSPS) is 13.2. The molecule has 0 aliphatic heterocycles. The van der Waals surface area contributed by atoms with Crippen LogP contribution >= 0.6 is 0 Å². The van der Waals surface area contributed by atoms with Crippen LogP contribution in [0.3, 0.4) is 0 Å². The lowest BCUT2D eigenvalue weighted by Crippen LogP contribution is -2.33. The van der Waals surface area contributed by atoms with E-state index in [0.717, 1.165) is 25.7 Å². The number of rotatable bonds is 18. The van der Waals surface area contributed by atoms with Crippen LogP contribution in [0.25, 0.3) is 0 Å². The van der Waals surface area contributed by atoms with Crippen molar-refractivity contribution in [2.45, 2.75) is 123 Å². The molecule has 2 unspecified atom stereocenters. The van der Waals surface area contributed by atoms with Crippen molar-refractivity contribution in [1.29, 1.82) is 0 Å². The number of unbranched alkanes of at least 4 members (excludes halogenated alkanes) is 11. The minimum Gasteiger partial charge on any atom is -0.469 e. The van der Waals surface area contributed by atoms with Crippen LogP contribution in [0.15, 0.2) is 0 Å². The Labute approximate surface area is 167 Å². The summed E-state index contributed by atoms with van der Waals surface area (Å²) in [6.45, 7) is 5.70. The largest absolute Gasteiger partial charge is 0.469 e. The van der Waals surface area contributed by atoms with E-state index in [4.69, 9.17) is 9.47 Å². The van der Waals surface area contributed by atoms with E-state index in [2.05, 4.69) is 6.92 Å². The lowest BCUT2D eigenvalue weighted by molar-refractivity contribution is -0.159. The maximum atomic E-state index is 12.1. The first-order valence-electron chi connectivity index (χ1n) is 11.3. The highest BCUT2D eigenvalue weighted by molar-refractivity contribution is 5.74. The lowest BCUT2D eigenvalue weighted by atomic mass is 9.92. The van der Waals surface area contributed by atoms with Crippen molar-refractivity contribution in [2.24, 2.45) is 5.92 Å². The summed E-state index contributed by atoms with van der Waals surface area (Å²) in [5.41, 5.74) is 0. The SMILES string of the molecule is CCCCCCCCCCCCCCC(C(=O)OC)C(CCC)OC(C)=O. The summed E-state index contributed by atoms with van der Waals surface area (Å²) in [6.07, 6.45) is 17.5. The van der Waals surface area contributed by atoms with Gasteiger partial charge in [-0.3, -0.25) is 9.59 Å². The van der Waals surface area contributed by atoms with Gasteiger partial charge in [-0.1, -0.05) is 97.3 Å². The predicted molar refractivity (Wildman–Crippen MR) is 112 cm³/mol. The van der Waals surface area contributed by atoms with Crippen molar-refractivity contribution < 1.29 is 19.1 Å². The molecule has 0 rings (SSSR count). The summed E-state index contributed by atoms with van der Waals surface area (Å²) in [6, 6.07) is 0. The first-order valence-corrected chi connectivity index (χ1v) is 11.3. The fourth-order valence-corrected chi connectivity index (χ4v) is 3.65. The summed E-state index contributed by atoms with van der Waals surface area (Å²) in [5.74, 6) is -0.906. The molecule has 0 N–H and O–H groups in total. The first kappa shape index (κ1) is 25.9. The van der Waals surface area contributed by atoms with Crippen molar-refractivity contribution in [1.82, 2.24) is 0 Å². The number of carbonyl (C=O) groups excluding carboxylic acids is 2. The van der Waals surface area contributed by atoms with Gasteiger partial charge in [-0.2, -0.15) is 0 Å². The molecule has 0 fully saturated rings. The van der Waals surface area contributed by atoms with E-state index >= 15 is 0 Å². The highest BCUT2D eigenvalue weighted by Gasteiger charge is 2.30. The van der Waals surface area contributed by atoms with Gasteiger partial charge in [0, 0.05) is 6.92 Å². The molecule has 0 aliphatic carbocycles. The predicted octanol–water partition coefficient (Wildman–Crippen LogP) is 6.60. The van der Waals surface area contributed by atoms with Gasteiger partial charge in [-0.15, -0.1) is 0 Å². The Morgan fingerprint density at radius 2 is 1.19 bits per heavy atom. The Hall–Kier alpha value is -1.06. The molecule has 0 aliphatic rings. The minimum atomic E-state index is -0.354. The van der Waals surface area contributed by atoms with Gasteiger partial charge in [0.2, 0.25) is 0 Å². The van der Waals surface area contributed by atoms with E-state index in [-0.39, 0.29) is 24.0 Å². The van der Waals surface area contributed by atoms with Gasteiger partial charge in [0.1, 0.15) is 6.10 Å². The van der Waals surface area contributed by atoms with Crippen LogP contribution in [0.5, 0.6) is 0 Å². The average molecular weight is 385 g/mol. The third-order valence-electron chi connectivity index (χ3n) is 5.21. The molecule has 0 radical (unpaired) electrons. The molecule has 0 saturated heterocycles. The fourth-order valence-electron chi connectivity index (χ4n) is 3.65. The van der Waals surface area contributed by atoms with Crippen LogP contribution in [-0.4, -0.2) is 25.2 Å². The van der Waals surface area contributed by atoms with Crippen molar-refractivity contribution in [3.63, 3.8) is 0 Å². The van der Waals surface area contributed by atoms with E-state index < -0.39 is 0 Å². The van der Waals surface area contributed by atoms with Gasteiger partial charge in [0.05, 0.1) is 13.0 Å². The summed E-state index contributed by atoms with van der Waals surface area (Å²) < 4.78 is 10.3. The van der Waals surface area contributed by atoms with Crippen LogP contribution in [0.2, 0.25) is 0 Å². The van der Waals surface area contributed by atoms with Crippen LogP contribution in [0, 0.1) is 5.92 Å². The van der Waals surface area contributed by atoms with Crippen molar-refractivity contribution in [3.05, 3.63) is 0 Å². The molecule has 4 heteroatoms. The van der Waals surface area contributed by atoms with Crippen LogP contribution < -0.4 is 0 Å². The molecule has 0 aromatic heterocycles. The molecule has 2 atom stereocenters. The zero-order chi connectivity index (χ0) is 20.3. The quantitative estimate of drug-likeness (QED) is 0.197. The molecule has 160 valence electrons. The standard InChI is InChI=1S/C23H44O4/c1-5-7-8-9-10-11-12-13-14-15-16-17-19-21(23(25)26-4)22(18-6-2)27-20(3)24/h21-22H,5-19H2,1-4H3. The topological polar surface area (TPSA) is 52.6 Å². The highest BCUT2D eigenvalue weighted by atomic mass is 16.6. The van der Waals surface area contributed by atoms with Gasteiger partial charge >= 0.3 is 11.9 Å². The van der Waals surface area contributed by atoms with Gasteiger partial charge in [0.15, 0.2) is 0 Å². The molecule has 0 aromatic carbocycles. The van der Waals surface area contributed by atoms with Crippen LogP contribution in [0.1, 0.15) is 117 Å². The smallest absolute Gasteiger partial charge is 0.312 e. The van der Waals surface area contributed by atoms with Gasteiger partial charge in [0.25, 0.3) is 0 Å². The third kappa shape index (κ3) is 14.6. The second kappa shape index (κ2) is 18.3. The summed E-state index contributed by atoms with van der Waals surface area (Å²) in [4.78, 5) is 23.5.